The molecule has 1 amide bonds. The second-order valence-corrected chi connectivity index (χ2v) is 4.61. The zero-order valence-corrected chi connectivity index (χ0v) is 10.4. The Morgan fingerprint density at radius 2 is 1.73 bits per heavy atom. The Bertz CT molecular complexity index is 219. The summed E-state index contributed by atoms with van der Waals surface area (Å²) in [7, 11) is 1.44. The summed E-state index contributed by atoms with van der Waals surface area (Å²) in [5.74, 6) is 0. The van der Waals surface area contributed by atoms with E-state index in [1.165, 1.54) is 7.11 Å². The van der Waals surface area contributed by atoms with E-state index in [4.69, 9.17) is 4.74 Å². The van der Waals surface area contributed by atoms with Crippen molar-refractivity contribution in [2.45, 2.75) is 45.8 Å². The molecule has 88 valence electrons. The van der Waals surface area contributed by atoms with E-state index in [0.29, 0.717) is 18.1 Å². The van der Waals surface area contributed by atoms with Crippen LogP contribution in [0.5, 0.6) is 0 Å². The number of nitrogens with zero attached hydrogens (tertiary/aromatic N) is 2. The number of methoxy groups -OCH3 is 1. The molecule has 0 spiro atoms. The fourth-order valence-electron chi connectivity index (χ4n) is 2.63. The van der Waals surface area contributed by atoms with Crippen molar-refractivity contribution in [3.05, 3.63) is 0 Å². The highest BCUT2D eigenvalue weighted by Crippen LogP contribution is 2.18. The van der Waals surface area contributed by atoms with Gasteiger partial charge in [0, 0.05) is 31.2 Å². The van der Waals surface area contributed by atoms with Crippen LogP contribution >= 0.6 is 0 Å². The predicted molar refractivity (Wildman–Crippen MR) is 59.9 cm³/mol. The molecule has 1 aliphatic heterocycles. The normalized spacial score (nSPS) is 28.3. The SMILES string of the molecule is COC(=O)N1C[C@@H](C)N(C(C)C)[C@@H](C)C1. The van der Waals surface area contributed by atoms with Crippen LogP contribution in [-0.2, 0) is 4.74 Å². The van der Waals surface area contributed by atoms with Crippen molar-refractivity contribution in [1.82, 2.24) is 9.80 Å². The Balaban J connectivity index is 2.66. The Labute approximate surface area is 92.2 Å². The maximum atomic E-state index is 11.4. The summed E-state index contributed by atoms with van der Waals surface area (Å²) in [5, 5.41) is 0. The van der Waals surface area contributed by atoms with E-state index < -0.39 is 0 Å². The molecule has 0 bridgehead atoms. The fourth-order valence-corrected chi connectivity index (χ4v) is 2.63. The van der Waals surface area contributed by atoms with Crippen molar-refractivity contribution < 1.29 is 9.53 Å². The van der Waals surface area contributed by atoms with Crippen LogP contribution in [0.15, 0.2) is 0 Å². The van der Waals surface area contributed by atoms with E-state index in [1.807, 2.05) is 0 Å². The van der Waals surface area contributed by atoms with Crippen LogP contribution in [0.25, 0.3) is 0 Å². The lowest BCUT2D eigenvalue weighted by Gasteiger charge is -2.45. The monoisotopic (exact) mass is 214 g/mol. The van der Waals surface area contributed by atoms with Crippen molar-refractivity contribution in [3.8, 4) is 0 Å². The highest BCUT2D eigenvalue weighted by atomic mass is 16.5. The number of piperazine rings is 1. The van der Waals surface area contributed by atoms with Crippen molar-refractivity contribution in [2.75, 3.05) is 20.2 Å². The van der Waals surface area contributed by atoms with Gasteiger partial charge in [-0.15, -0.1) is 0 Å². The van der Waals surface area contributed by atoms with E-state index >= 15 is 0 Å². The highest BCUT2D eigenvalue weighted by molar-refractivity contribution is 5.67. The lowest BCUT2D eigenvalue weighted by molar-refractivity contribution is 0.0159. The molecular weight excluding hydrogens is 192 g/mol. The highest BCUT2D eigenvalue weighted by Gasteiger charge is 2.33. The van der Waals surface area contributed by atoms with Crippen LogP contribution < -0.4 is 0 Å². The zero-order valence-electron chi connectivity index (χ0n) is 10.4. The standard InChI is InChI=1S/C11H22N2O2/c1-8(2)13-9(3)6-12(7-10(13)4)11(14)15-5/h8-10H,6-7H2,1-5H3/t9-,10+. The number of carbonyl (C=O) groups is 1. The average Bonchev–Trinajstić information content (AvgIpc) is 2.14. The van der Waals surface area contributed by atoms with Crippen LogP contribution in [0, 0.1) is 0 Å². The first kappa shape index (κ1) is 12.3. The topological polar surface area (TPSA) is 32.8 Å². The molecule has 4 heteroatoms. The van der Waals surface area contributed by atoms with E-state index in [1.54, 1.807) is 4.90 Å². The molecule has 15 heavy (non-hydrogen) atoms. The predicted octanol–water partition coefficient (Wildman–Crippen LogP) is 1.56. The van der Waals surface area contributed by atoms with Crippen molar-refractivity contribution in [2.24, 2.45) is 0 Å². The van der Waals surface area contributed by atoms with Gasteiger partial charge < -0.3 is 9.64 Å². The van der Waals surface area contributed by atoms with E-state index in [-0.39, 0.29) is 6.09 Å². The van der Waals surface area contributed by atoms with Crippen LogP contribution in [0.3, 0.4) is 0 Å². The molecule has 0 radical (unpaired) electrons. The molecule has 1 rings (SSSR count). The quantitative estimate of drug-likeness (QED) is 0.664. The molecule has 0 unspecified atom stereocenters. The average molecular weight is 214 g/mol. The molecule has 2 atom stereocenters. The summed E-state index contributed by atoms with van der Waals surface area (Å²) in [6.45, 7) is 10.2. The third-order valence-corrected chi connectivity index (χ3v) is 3.02. The molecular formula is C11H22N2O2. The van der Waals surface area contributed by atoms with Gasteiger partial charge in [0.2, 0.25) is 0 Å². The van der Waals surface area contributed by atoms with Crippen LogP contribution in [0.2, 0.25) is 0 Å². The van der Waals surface area contributed by atoms with Gasteiger partial charge in [0.05, 0.1) is 7.11 Å². The van der Waals surface area contributed by atoms with Gasteiger partial charge in [-0.3, -0.25) is 4.90 Å². The lowest BCUT2D eigenvalue weighted by Crippen LogP contribution is -2.59. The largest absolute Gasteiger partial charge is 0.453 e. The number of ether oxygens (including phenoxy) is 1. The third-order valence-electron chi connectivity index (χ3n) is 3.02. The molecule has 1 heterocycles. The van der Waals surface area contributed by atoms with Gasteiger partial charge in [-0.2, -0.15) is 0 Å². The zero-order chi connectivity index (χ0) is 11.6. The fraction of sp³-hybridized carbons (Fsp3) is 0.909. The van der Waals surface area contributed by atoms with E-state index in [0.717, 1.165) is 13.1 Å². The van der Waals surface area contributed by atoms with Gasteiger partial charge >= 0.3 is 6.09 Å². The van der Waals surface area contributed by atoms with Crippen molar-refractivity contribution in [1.29, 1.82) is 0 Å². The molecule has 4 nitrogen and oxygen atoms in total. The second-order valence-electron chi connectivity index (χ2n) is 4.61. The Kier molecular flexibility index (Phi) is 3.97. The number of carbonyl (C=O) groups excluding carboxylic acids is 1. The minimum absolute atomic E-state index is 0.211. The number of amides is 1. The first-order chi connectivity index (χ1) is 6.97. The smallest absolute Gasteiger partial charge is 0.409 e. The number of rotatable bonds is 1. The van der Waals surface area contributed by atoms with Gasteiger partial charge in [-0.05, 0) is 27.7 Å². The minimum atomic E-state index is -0.211. The van der Waals surface area contributed by atoms with E-state index in [9.17, 15) is 4.79 Å². The van der Waals surface area contributed by atoms with Gasteiger partial charge in [0.15, 0.2) is 0 Å². The Morgan fingerprint density at radius 3 is 2.07 bits per heavy atom. The molecule has 1 fully saturated rings. The number of hydrogen-bond acceptors (Lipinski definition) is 3. The Hall–Kier alpha value is -0.770. The molecule has 1 aliphatic rings. The maximum Gasteiger partial charge on any atom is 0.409 e. The summed E-state index contributed by atoms with van der Waals surface area (Å²) in [4.78, 5) is 15.6. The first-order valence-corrected chi connectivity index (χ1v) is 5.57. The van der Waals surface area contributed by atoms with Gasteiger partial charge in [0.25, 0.3) is 0 Å². The van der Waals surface area contributed by atoms with Gasteiger partial charge in [0.1, 0.15) is 0 Å². The van der Waals surface area contributed by atoms with E-state index in [2.05, 4.69) is 32.6 Å². The summed E-state index contributed by atoms with van der Waals surface area (Å²) in [6.07, 6.45) is -0.211. The van der Waals surface area contributed by atoms with Gasteiger partial charge in [-0.25, -0.2) is 4.79 Å². The Morgan fingerprint density at radius 1 is 1.27 bits per heavy atom. The molecule has 1 saturated heterocycles. The summed E-state index contributed by atoms with van der Waals surface area (Å²) in [5.41, 5.74) is 0. The lowest BCUT2D eigenvalue weighted by atomic mass is 10.1. The minimum Gasteiger partial charge on any atom is -0.453 e. The second kappa shape index (κ2) is 4.84. The number of hydrogen-bond donors (Lipinski definition) is 0. The molecule has 0 aliphatic carbocycles. The third kappa shape index (κ3) is 2.62. The maximum absolute atomic E-state index is 11.4. The van der Waals surface area contributed by atoms with Crippen LogP contribution in [0.4, 0.5) is 4.79 Å². The molecule has 0 aromatic carbocycles. The first-order valence-electron chi connectivity index (χ1n) is 5.57. The van der Waals surface area contributed by atoms with Crippen molar-refractivity contribution in [3.63, 3.8) is 0 Å². The molecule has 0 saturated carbocycles. The van der Waals surface area contributed by atoms with Crippen molar-refractivity contribution >= 4 is 6.09 Å². The summed E-state index contributed by atoms with van der Waals surface area (Å²) < 4.78 is 4.75. The summed E-state index contributed by atoms with van der Waals surface area (Å²) >= 11 is 0. The van der Waals surface area contributed by atoms with Crippen LogP contribution in [-0.4, -0.2) is 54.2 Å². The molecule has 0 N–H and O–H groups in total. The van der Waals surface area contributed by atoms with Gasteiger partial charge in [-0.1, -0.05) is 0 Å². The molecule has 0 aromatic heterocycles. The molecule has 0 aromatic rings. The summed E-state index contributed by atoms with van der Waals surface area (Å²) in [6, 6.07) is 1.32. The van der Waals surface area contributed by atoms with Crippen LogP contribution in [0.1, 0.15) is 27.7 Å².